The molecule has 0 atom stereocenters. The summed E-state index contributed by atoms with van der Waals surface area (Å²) < 4.78 is 33.4. The first-order valence-electron chi connectivity index (χ1n) is 5.86. The molecule has 1 aromatic heterocycles. The number of ether oxygens (including phenoxy) is 3. The summed E-state index contributed by atoms with van der Waals surface area (Å²) in [5.41, 5.74) is 0. The second-order valence-electron chi connectivity index (χ2n) is 3.79. The van der Waals surface area contributed by atoms with Gasteiger partial charge in [0.1, 0.15) is 24.8 Å². The molecule has 21 heavy (non-hydrogen) atoms. The molecule has 0 aliphatic rings. The van der Waals surface area contributed by atoms with Crippen LogP contribution in [0, 0.1) is 5.82 Å². The molecule has 0 aliphatic heterocycles. The molecule has 0 spiro atoms. The molecule has 0 N–H and O–H groups in total. The van der Waals surface area contributed by atoms with Crippen molar-refractivity contribution in [1.29, 1.82) is 0 Å². The summed E-state index contributed by atoms with van der Waals surface area (Å²) in [4.78, 5) is 11.1. The summed E-state index contributed by atoms with van der Waals surface area (Å²) in [5.74, 6) is -0.585. The highest BCUT2D eigenvalue weighted by Gasteiger charge is 2.13. The number of halogens is 2. The minimum absolute atomic E-state index is 0.0544. The van der Waals surface area contributed by atoms with Crippen LogP contribution in [0.25, 0.3) is 0 Å². The number of hydrogen-bond acceptors (Lipinski definition) is 6. The van der Waals surface area contributed by atoms with Gasteiger partial charge in [0.2, 0.25) is 5.76 Å². The van der Waals surface area contributed by atoms with Gasteiger partial charge in [0.25, 0.3) is 5.88 Å². The third-order valence-electron chi connectivity index (χ3n) is 2.36. The van der Waals surface area contributed by atoms with E-state index < -0.39 is 11.8 Å². The van der Waals surface area contributed by atoms with Crippen molar-refractivity contribution in [3.63, 3.8) is 0 Å². The van der Waals surface area contributed by atoms with Crippen LogP contribution in [-0.2, 0) is 4.74 Å². The van der Waals surface area contributed by atoms with Gasteiger partial charge in [0.05, 0.1) is 17.6 Å². The van der Waals surface area contributed by atoms with Crippen LogP contribution < -0.4 is 9.47 Å². The summed E-state index contributed by atoms with van der Waals surface area (Å²) in [7, 11) is 1.23. The third kappa shape index (κ3) is 4.19. The average Bonchev–Trinajstić information content (AvgIpc) is 2.95. The number of esters is 1. The number of carbonyl (C=O) groups is 1. The molecular formula is C13H11BrFNO5. The van der Waals surface area contributed by atoms with Crippen molar-refractivity contribution in [3.8, 4) is 11.6 Å². The van der Waals surface area contributed by atoms with Gasteiger partial charge >= 0.3 is 5.97 Å². The molecule has 1 aromatic carbocycles. The fourth-order valence-electron chi connectivity index (χ4n) is 1.41. The van der Waals surface area contributed by atoms with Crippen molar-refractivity contribution in [2.24, 2.45) is 0 Å². The van der Waals surface area contributed by atoms with Gasteiger partial charge in [0.15, 0.2) is 0 Å². The van der Waals surface area contributed by atoms with Crippen LogP contribution in [0.5, 0.6) is 11.6 Å². The van der Waals surface area contributed by atoms with E-state index in [-0.39, 0.29) is 24.9 Å². The molecule has 0 fully saturated rings. The average molecular weight is 360 g/mol. The second-order valence-corrected chi connectivity index (χ2v) is 4.65. The van der Waals surface area contributed by atoms with Crippen molar-refractivity contribution in [1.82, 2.24) is 5.16 Å². The van der Waals surface area contributed by atoms with E-state index in [0.29, 0.717) is 10.2 Å². The van der Waals surface area contributed by atoms with E-state index in [1.807, 2.05) is 0 Å². The maximum absolute atomic E-state index is 13.0. The Morgan fingerprint density at radius 1 is 1.33 bits per heavy atom. The molecule has 0 unspecified atom stereocenters. The van der Waals surface area contributed by atoms with E-state index >= 15 is 0 Å². The van der Waals surface area contributed by atoms with Gasteiger partial charge in [-0.2, -0.15) is 0 Å². The predicted molar refractivity (Wildman–Crippen MR) is 72.9 cm³/mol. The second kappa shape index (κ2) is 7.07. The number of benzene rings is 1. The Morgan fingerprint density at radius 3 is 2.86 bits per heavy atom. The van der Waals surface area contributed by atoms with Crippen molar-refractivity contribution in [3.05, 3.63) is 40.3 Å². The van der Waals surface area contributed by atoms with Gasteiger partial charge in [-0.1, -0.05) is 0 Å². The van der Waals surface area contributed by atoms with Crippen molar-refractivity contribution in [2.45, 2.75) is 0 Å². The van der Waals surface area contributed by atoms with Crippen LogP contribution in [0.3, 0.4) is 0 Å². The SMILES string of the molecule is COC(=O)c1cc(OCCOc2cc(F)ccc2Br)no1. The van der Waals surface area contributed by atoms with E-state index in [2.05, 4.69) is 25.8 Å². The van der Waals surface area contributed by atoms with Crippen LogP contribution in [0.2, 0.25) is 0 Å². The summed E-state index contributed by atoms with van der Waals surface area (Å²) in [6, 6.07) is 5.43. The summed E-state index contributed by atoms with van der Waals surface area (Å²) in [6.07, 6.45) is 0. The Bertz CT molecular complexity index is 631. The fourth-order valence-corrected chi connectivity index (χ4v) is 1.77. The Labute approximate surface area is 127 Å². The molecule has 1 heterocycles. The zero-order valence-corrected chi connectivity index (χ0v) is 12.6. The van der Waals surface area contributed by atoms with Gasteiger partial charge < -0.3 is 18.7 Å². The number of rotatable bonds is 6. The molecule has 0 saturated heterocycles. The van der Waals surface area contributed by atoms with Crippen molar-refractivity contribution in [2.75, 3.05) is 20.3 Å². The van der Waals surface area contributed by atoms with E-state index in [4.69, 9.17) is 14.0 Å². The highest BCUT2D eigenvalue weighted by molar-refractivity contribution is 9.10. The lowest BCUT2D eigenvalue weighted by molar-refractivity contribution is 0.0554. The zero-order valence-electron chi connectivity index (χ0n) is 11.0. The highest BCUT2D eigenvalue weighted by atomic mass is 79.9. The zero-order chi connectivity index (χ0) is 15.2. The largest absolute Gasteiger partial charge is 0.489 e. The third-order valence-corrected chi connectivity index (χ3v) is 3.01. The molecular weight excluding hydrogens is 349 g/mol. The van der Waals surface area contributed by atoms with Gasteiger partial charge in [-0.05, 0) is 33.2 Å². The number of carbonyl (C=O) groups excluding carboxylic acids is 1. The number of methoxy groups -OCH3 is 1. The lowest BCUT2D eigenvalue weighted by atomic mass is 10.3. The number of hydrogen-bond donors (Lipinski definition) is 0. The van der Waals surface area contributed by atoms with Gasteiger partial charge in [-0.25, -0.2) is 9.18 Å². The van der Waals surface area contributed by atoms with Crippen LogP contribution in [0.4, 0.5) is 4.39 Å². The molecule has 0 bridgehead atoms. The van der Waals surface area contributed by atoms with Crippen LogP contribution in [-0.4, -0.2) is 31.4 Å². The lowest BCUT2D eigenvalue weighted by Gasteiger charge is -2.08. The lowest BCUT2D eigenvalue weighted by Crippen LogP contribution is -2.09. The first kappa shape index (κ1) is 15.3. The topological polar surface area (TPSA) is 70.8 Å². The maximum Gasteiger partial charge on any atom is 0.377 e. The Morgan fingerprint density at radius 2 is 2.10 bits per heavy atom. The minimum atomic E-state index is -0.641. The monoisotopic (exact) mass is 359 g/mol. The van der Waals surface area contributed by atoms with E-state index in [0.717, 1.165) is 0 Å². The predicted octanol–water partition coefficient (Wildman–Crippen LogP) is 2.82. The molecule has 112 valence electrons. The van der Waals surface area contributed by atoms with Gasteiger partial charge in [0, 0.05) is 6.07 Å². The summed E-state index contributed by atoms with van der Waals surface area (Å²) in [5, 5.41) is 3.54. The quantitative estimate of drug-likeness (QED) is 0.583. The van der Waals surface area contributed by atoms with Crippen LogP contribution >= 0.6 is 15.9 Å². The summed E-state index contributed by atoms with van der Waals surface area (Å²) in [6.45, 7) is 0.318. The minimum Gasteiger partial charge on any atom is -0.489 e. The molecule has 0 amide bonds. The summed E-state index contributed by atoms with van der Waals surface area (Å²) >= 11 is 3.24. The molecule has 0 aliphatic carbocycles. The Balaban J connectivity index is 1.81. The van der Waals surface area contributed by atoms with E-state index in [1.165, 1.54) is 25.3 Å². The smallest absolute Gasteiger partial charge is 0.377 e. The molecule has 0 radical (unpaired) electrons. The van der Waals surface area contributed by atoms with E-state index in [1.54, 1.807) is 6.07 Å². The first-order chi connectivity index (χ1) is 10.1. The Hall–Kier alpha value is -2.09. The molecule has 2 aromatic rings. The number of nitrogens with zero attached hydrogens (tertiary/aromatic N) is 1. The molecule has 8 heteroatoms. The molecule has 2 rings (SSSR count). The number of aromatic nitrogens is 1. The van der Waals surface area contributed by atoms with Crippen LogP contribution in [0.1, 0.15) is 10.6 Å². The fraction of sp³-hybridized carbons (Fsp3) is 0.231. The maximum atomic E-state index is 13.0. The van der Waals surface area contributed by atoms with Crippen LogP contribution in [0.15, 0.2) is 33.3 Å². The van der Waals surface area contributed by atoms with Crippen molar-refractivity contribution >= 4 is 21.9 Å². The first-order valence-corrected chi connectivity index (χ1v) is 6.65. The van der Waals surface area contributed by atoms with E-state index in [9.17, 15) is 9.18 Å². The molecule has 6 nitrogen and oxygen atoms in total. The normalized spacial score (nSPS) is 10.2. The van der Waals surface area contributed by atoms with Gasteiger partial charge in [-0.3, -0.25) is 0 Å². The molecule has 0 saturated carbocycles. The van der Waals surface area contributed by atoms with Crippen molar-refractivity contribution < 1.29 is 27.9 Å². The standard InChI is InChI=1S/C13H11BrFNO5/c1-18-13(17)11-7-12(16-21-11)20-5-4-19-10-6-8(15)2-3-9(10)14/h2-3,6-7H,4-5H2,1H3. The highest BCUT2D eigenvalue weighted by Crippen LogP contribution is 2.25. The Kier molecular flexibility index (Phi) is 5.15. The van der Waals surface area contributed by atoms with Gasteiger partial charge in [-0.15, -0.1) is 0 Å².